The van der Waals surface area contributed by atoms with E-state index in [1.165, 1.54) is 7.11 Å². The van der Waals surface area contributed by atoms with Crippen molar-refractivity contribution in [3.63, 3.8) is 0 Å². The van der Waals surface area contributed by atoms with Crippen LogP contribution in [0.5, 0.6) is 11.5 Å². The highest BCUT2D eigenvalue weighted by Gasteiger charge is 2.10. The van der Waals surface area contributed by atoms with Gasteiger partial charge in [-0.2, -0.15) is 0 Å². The first-order valence-corrected chi connectivity index (χ1v) is 7.69. The van der Waals surface area contributed by atoms with Gasteiger partial charge in [-0.05, 0) is 26.2 Å². The molecule has 0 saturated heterocycles. The third kappa shape index (κ3) is 12.0. The quantitative estimate of drug-likeness (QED) is 0.441. The molecule has 0 aliphatic rings. The van der Waals surface area contributed by atoms with Crippen molar-refractivity contribution < 1.29 is 39.2 Å². The minimum atomic E-state index is -1.26. The first kappa shape index (κ1) is 23.9. The van der Waals surface area contributed by atoms with Crippen LogP contribution in [-0.4, -0.2) is 79.0 Å². The van der Waals surface area contributed by atoms with E-state index in [0.29, 0.717) is 29.3 Å². The molecule has 1 amide bonds. The van der Waals surface area contributed by atoms with E-state index < -0.39 is 11.9 Å². The number of amides is 1. The van der Waals surface area contributed by atoms with Crippen LogP contribution < -0.4 is 14.8 Å². The van der Waals surface area contributed by atoms with Crippen LogP contribution in [0, 0.1) is 0 Å². The summed E-state index contributed by atoms with van der Waals surface area (Å²) in [5.41, 5.74) is 0.546. The molecular weight excluding hydrogens is 360 g/mol. The van der Waals surface area contributed by atoms with E-state index in [0.717, 1.165) is 0 Å². The molecule has 0 bridgehead atoms. The van der Waals surface area contributed by atoms with Gasteiger partial charge in [-0.25, -0.2) is 9.59 Å². The van der Waals surface area contributed by atoms with Crippen molar-refractivity contribution >= 4 is 23.5 Å². The Morgan fingerprint density at radius 3 is 2.19 bits per heavy atom. The average molecular weight is 384 g/mol. The van der Waals surface area contributed by atoms with Gasteiger partial charge in [0.25, 0.3) is 0 Å². The molecule has 10 heteroatoms. The van der Waals surface area contributed by atoms with Crippen LogP contribution in [0.25, 0.3) is 0 Å². The number of carbonyl (C=O) groups excluding carboxylic acids is 1. The van der Waals surface area contributed by atoms with Crippen molar-refractivity contribution in [3.05, 3.63) is 30.4 Å². The number of aliphatic carboxylic acids is 2. The molecule has 0 spiro atoms. The van der Waals surface area contributed by atoms with Gasteiger partial charge in [0.2, 0.25) is 5.91 Å². The average Bonchev–Trinajstić information content (AvgIpc) is 2.58. The molecule has 27 heavy (non-hydrogen) atoms. The minimum absolute atomic E-state index is 0.0612. The number of carboxylic acids is 2. The fourth-order valence-corrected chi connectivity index (χ4v) is 1.66. The molecule has 1 aromatic rings. The molecule has 4 N–H and O–H groups in total. The van der Waals surface area contributed by atoms with Crippen LogP contribution in [0.4, 0.5) is 5.69 Å². The van der Waals surface area contributed by atoms with E-state index in [1.54, 1.807) is 23.1 Å². The highest BCUT2D eigenvalue weighted by molar-refractivity contribution is 5.94. The number of benzene rings is 1. The number of nitrogens with one attached hydrogen (secondary N) is 1. The second-order valence-corrected chi connectivity index (χ2v) is 5.23. The predicted molar refractivity (Wildman–Crippen MR) is 97.2 cm³/mol. The van der Waals surface area contributed by atoms with Gasteiger partial charge in [0.05, 0.1) is 25.9 Å². The highest BCUT2D eigenvalue weighted by Crippen LogP contribution is 2.28. The highest BCUT2D eigenvalue weighted by atomic mass is 16.5. The third-order valence-corrected chi connectivity index (χ3v) is 2.63. The fraction of sp³-hybridized carbons (Fsp3) is 0.353. The lowest BCUT2D eigenvalue weighted by atomic mass is 10.2. The van der Waals surface area contributed by atoms with Crippen LogP contribution >= 0.6 is 0 Å². The van der Waals surface area contributed by atoms with Crippen LogP contribution in [0.15, 0.2) is 30.4 Å². The van der Waals surface area contributed by atoms with Gasteiger partial charge >= 0.3 is 11.9 Å². The first-order chi connectivity index (χ1) is 12.7. The number of rotatable bonds is 9. The molecule has 10 nitrogen and oxygen atoms in total. The van der Waals surface area contributed by atoms with E-state index in [4.69, 9.17) is 24.8 Å². The van der Waals surface area contributed by atoms with Crippen LogP contribution in [-0.2, 0) is 14.4 Å². The van der Waals surface area contributed by atoms with Crippen molar-refractivity contribution in [2.24, 2.45) is 0 Å². The van der Waals surface area contributed by atoms with E-state index in [-0.39, 0.29) is 25.7 Å². The van der Waals surface area contributed by atoms with Crippen LogP contribution in [0.3, 0.4) is 0 Å². The van der Waals surface area contributed by atoms with Gasteiger partial charge < -0.3 is 35.0 Å². The standard InChI is InChI=1S/C13H20N2O4.C4H4O4/c1-15(2)9-13(17)14-11-8-10(19-7-6-16)4-5-12(11)18-3;5-3(6)1-2-4(7)8/h4-5,8,16H,6-7,9H2,1-3H3,(H,14,17);1-2H,(H,5,6)(H,7,8)/b;2-1-. The zero-order chi connectivity index (χ0) is 20.8. The van der Waals surface area contributed by atoms with Crippen molar-refractivity contribution in [3.8, 4) is 11.5 Å². The Labute approximate surface area is 156 Å². The maximum Gasteiger partial charge on any atom is 0.328 e. The van der Waals surface area contributed by atoms with Gasteiger partial charge in [-0.1, -0.05) is 0 Å². The molecule has 0 heterocycles. The lowest BCUT2D eigenvalue weighted by Crippen LogP contribution is -2.27. The molecule has 0 radical (unpaired) electrons. The number of anilines is 1. The lowest BCUT2D eigenvalue weighted by Gasteiger charge is -2.14. The zero-order valence-electron chi connectivity index (χ0n) is 15.3. The SMILES string of the molecule is COc1ccc(OCCO)cc1NC(=O)CN(C)C.O=C(O)/C=C\C(=O)O. The Kier molecular flexibility index (Phi) is 11.6. The second kappa shape index (κ2) is 13.1. The Morgan fingerprint density at radius 1 is 1.15 bits per heavy atom. The van der Waals surface area contributed by atoms with Gasteiger partial charge in [-0.3, -0.25) is 4.79 Å². The number of hydrogen-bond acceptors (Lipinski definition) is 7. The summed E-state index contributed by atoms with van der Waals surface area (Å²) in [6, 6.07) is 5.09. The maximum atomic E-state index is 11.7. The number of aliphatic hydroxyl groups is 1. The monoisotopic (exact) mass is 384 g/mol. The largest absolute Gasteiger partial charge is 0.495 e. The smallest absolute Gasteiger partial charge is 0.328 e. The summed E-state index contributed by atoms with van der Waals surface area (Å²) in [4.78, 5) is 32.6. The fourth-order valence-electron chi connectivity index (χ4n) is 1.66. The second-order valence-electron chi connectivity index (χ2n) is 5.23. The zero-order valence-corrected chi connectivity index (χ0v) is 15.3. The number of likely N-dealkylation sites (N-methyl/N-ethyl adjacent to an activating group) is 1. The molecule has 0 fully saturated rings. The van der Waals surface area contributed by atoms with E-state index >= 15 is 0 Å². The summed E-state index contributed by atoms with van der Waals surface area (Å²) in [7, 11) is 5.17. The number of methoxy groups -OCH3 is 1. The normalized spacial score (nSPS) is 10.1. The topological polar surface area (TPSA) is 146 Å². The maximum absolute atomic E-state index is 11.7. The van der Waals surface area contributed by atoms with Crippen molar-refractivity contribution in [1.82, 2.24) is 4.90 Å². The summed E-state index contributed by atoms with van der Waals surface area (Å²) in [5, 5.41) is 27.1. The summed E-state index contributed by atoms with van der Waals surface area (Å²) in [6.45, 7) is 0.427. The molecule has 1 rings (SSSR count). The molecule has 0 saturated carbocycles. The van der Waals surface area contributed by atoms with Crippen LogP contribution in [0.1, 0.15) is 0 Å². The van der Waals surface area contributed by atoms with Crippen LogP contribution in [0.2, 0.25) is 0 Å². The Balaban J connectivity index is 0.000000713. The summed E-state index contributed by atoms with van der Waals surface area (Å²) >= 11 is 0. The molecule has 0 atom stereocenters. The number of carboxylic acid groups (broad SMARTS) is 2. The number of carbonyl (C=O) groups is 3. The van der Waals surface area contributed by atoms with Gasteiger partial charge in [0.1, 0.15) is 18.1 Å². The minimum Gasteiger partial charge on any atom is -0.495 e. The number of aliphatic hydroxyl groups excluding tert-OH is 1. The van der Waals surface area contributed by atoms with Crippen molar-refractivity contribution in [2.45, 2.75) is 0 Å². The Hall–Kier alpha value is -3.11. The van der Waals surface area contributed by atoms with E-state index in [2.05, 4.69) is 5.32 Å². The molecule has 0 aromatic heterocycles. The van der Waals surface area contributed by atoms with Gasteiger partial charge in [0, 0.05) is 18.2 Å². The lowest BCUT2D eigenvalue weighted by molar-refractivity contribution is -0.134. The molecule has 0 unspecified atom stereocenters. The molecule has 0 aliphatic heterocycles. The molecule has 1 aromatic carbocycles. The Bertz CT molecular complexity index is 642. The van der Waals surface area contributed by atoms with Crippen molar-refractivity contribution in [1.29, 1.82) is 0 Å². The summed E-state index contributed by atoms with van der Waals surface area (Å²) in [6.07, 6.45) is 1.12. The predicted octanol–water partition coefficient (Wildman–Crippen LogP) is 0.278. The number of ether oxygens (including phenoxy) is 2. The van der Waals surface area contributed by atoms with Gasteiger partial charge in [-0.15, -0.1) is 0 Å². The third-order valence-electron chi connectivity index (χ3n) is 2.63. The number of nitrogens with zero attached hydrogens (tertiary/aromatic N) is 1. The number of hydrogen-bond donors (Lipinski definition) is 4. The first-order valence-electron chi connectivity index (χ1n) is 7.69. The molecule has 0 aliphatic carbocycles. The van der Waals surface area contributed by atoms with Crippen molar-refractivity contribution in [2.75, 3.05) is 46.3 Å². The van der Waals surface area contributed by atoms with E-state index in [9.17, 15) is 14.4 Å². The molecule has 150 valence electrons. The summed E-state index contributed by atoms with van der Waals surface area (Å²) < 4.78 is 10.5. The molecular formula is C17H24N2O8. The Morgan fingerprint density at radius 2 is 1.74 bits per heavy atom. The summed E-state index contributed by atoms with van der Waals surface area (Å²) in [5.74, 6) is -1.53. The van der Waals surface area contributed by atoms with Gasteiger partial charge in [0.15, 0.2) is 0 Å². The van der Waals surface area contributed by atoms with E-state index in [1.807, 2.05) is 14.1 Å².